The normalized spacial score (nSPS) is 33.4. The molecule has 9 N–H and O–H groups in total. The van der Waals surface area contributed by atoms with Crippen molar-refractivity contribution < 1.29 is 43.5 Å². The average molecular weight is 610 g/mol. The lowest BCUT2D eigenvalue weighted by Crippen LogP contribution is -2.43. The van der Waals surface area contributed by atoms with Gasteiger partial charge in [-0.3, -0.25) is 28.0 Å². The molecule has 20 nitrogen and oxygen atoms in total. The molecule has 0 amide bonds. The summed E-state index contributed by atoms with van der Waals surface area (Å²) in [7, 11) is -4.74. The zero-order chi connectivity index (χ0) is 29.9. The third-order valence-electron chi connectivity index (χ3n) is 7.02. The smallest absolute Gasteiger partial charge is 0.354 e. The molecule has 42 heavy (non-hydrogen) atoms. The Hall–Kier alpha value is -3.59. The molecule has 4 aromatic rings. The second-order valence-corrected chi connectivity index (χ2v) is 11.7. The number of H-pyrrole nitrogens is 1. The molecule has 0 aromatic carbocycles. The Labute approximate surface area is 234 Å². The fraction of sp³-hybridized carbons (Fsp3) is 0.524. The van der Waals surface area contributed by atoms with Crippen molar-refractivity contribution in [1.82, 2.24) is 39.0 Å². The third-order valence-corrected chi connectivity index (χ3v) is 8.07. The van der Waals surface area contributed by atoms with Crippen LogP contribution in [0.1, 0.15) is 19.4 Å². The molecule has 2 fully saturated rings. The molecule has 2 aliphatic heterocycles. The summed E-state index contributed by atoms with van der Waals surface area (Å²) in [5.41, 5.74) is 11.0. The zero-order valence-electron chi connectivity index (χ0n) is 21.7. The van der Waals surface area contributed by atoms with Gasteiger partial charge < -0.3 is 45.9 Å². The molecule has 6 rings (SSSR count). The molecule has 226 valence electrons. The molecule has 6 heterocycles. The predicted molar refractivity (Wildman–Crippen MR) is 139 cm³/mol. The van der Waals surface area contributed by atoms with Crippen LogP contribution in [0.25, 0.3) is 22.3 Å². The summed E-state index contributed by atoms with van der Waals surface area (Å²) in [6.07, 6.45) is -7.72. The van der Waals surface area contributed by atoms with Crippen LogP contribution in [0.5, 0.6) is 0 Å². The quantitative estimate of drug-likeness (QED) is 0.121. The summed E-state index contributed by atoms with van der Waals surface area (Å²) < 4.78 is 38.2. The summed E-state index contributed by atoms with van der Waals surface area (Å²) in [5, 5.41) is 33.5. The first-order valence-electron chi connectivity index (χ1n) is 12.5. The van der Waals surface area contributed by atoms with Crippen molar-refractivity contribution >= 4 is 41.7 Å². The van der Waals surface area contributed by atoms with Gasteiger partial charge in [0.1, 0.15) is 30.2 Å². The number of nitrogen functional groups attached to an aromatic ring is 2. The summed E-state index contributed by atoms with van der Waals surface area (Å²) >= 11 is 0. The number of anilines is 2. The number of aliphatic hydroxyl groups excluding tert-OH is 3. The van der Waals surface area contributed by atoms with Crippen LogP contribution in [0.15, 0.2) is 23.8 Å². The summed E-state index contributed by atoms with van der Waals surface area (Å²) in [5.74, 6) is -1.01. The molecule has 0 saturated carbocycles. The first-order chi connectivity index (χ1) is 19.9. The number of rotatable bonds is 3. The van der Waals surface area contributed by atoms with E-state index in [9.17, 15) is 29.6 Å². The van der Waals surface area contributed by atoms with Gasteiger partial charge in [0.15, 0.2) is 47.7 Å². The minimum atomic E-state index is -4.74. The van der Waals surface area contributed by atoms with E-state index in [0.29, 0.717) is 0 Å². The number of nitrogens with two attached hydrogens (primary N) is 2. The van der Waals surface area contributed by atoms with Crippen LogP contribution in [0, 0.1) is 5.92 Å². The number of aromatic amines is 1. The number of nitrogens with zero attached hydrogens (tertiary/aromatic N) is 7. The lowest BCUT2D eigenvalue weighted by Gasteiger charge is -2.32. The zero-order valence-corrected chi connectivity index (χ0v) is 22.6. The molecule has 21 heteroatoms. The molecular weight excluding hydrogens is 583 g/mol. The van der Waals surface area contributed by atoms with Crippen molar-refractivity contribution in [3.63, 3.8) is 0 Å². The Balaban J connectivity index is 1.28. The number of aromatic nitrogens is 8. The van der Waals surface area contributed by atoms with Crippen LogP contribution >= 0.6 is 7.60 Å². The van der Waals surface area contributed by atoms with Crippen LogP contribution in [-0.2, 0) is 23.3 Å². The lowest BCUT2D eigenvalue weighted by atomic mass is 9.99. The fourth-order valence-electron chi connectivity index (χ4n) is 4.88. The van der Waals surface area contributed by atoms with Crippen LogP contribution in [0.3, 0.4) is 0 Å². The van der Waals surface area contributed by atoms with Crippen molar-refractivity contribution in [3.8, 4) is 0 Å². The fourth-order valence-corrected chi connectivity index (χ4v) is 5.89. The van der Waals surface area contributed by atoms with E-state index in [2.05, 4.69) is 29.9 Å². The molecule has 0 aliphatic carbocycles. The van der Waals surface area contributed by atoms with Crippen molar-refractivity contribution in [2.75, 3.05) is 24.4 Å². The molecule has 0 radical (unpaired) electrons. The Kier molecular flexibility index (Phi) is 7.20. The van der Waals surface area contributed by atoms with E-state index in [1.165, 1.54) is 24.1 Å². The summed E-state index contributed by atoms with van der Waals surface area (Å²) in [6, 6.07) is 0. The average Bonchev–Trinajstić information content (AvgIpc) is 3.64. The Bertz CT molecular complexity index is 1730. The molecule has 2 saturated heterocycles. The highest BCUT2D eigenvalue weighted by Crippen LogP contribution is 2.48. The monoisotopic (exact) mass is 610 g/mol. The number of ether oxygens (including phenoxy) is 3. The second-order valence-electron chi connectivity index (χ2n) is 9.93. The summed E-state index contributed by atoms with van der Waals surface area (Å²) in [4.78, 5) is 45.2. The maximum Gasteiger partial charge on any atom is 0.354 e. The van der Waals surface area contributed by atoms with E-state index in [1.807, 2.05) is 0 Å². The van der Waals surface area contributed by atoms with Crippen LogP contribution < -0.4 is 17.0 Å². The number of hydrogen-bond donors (Lipinski definition) is 7. The van der Waals surface area contributed by atoms with E-state index >= 15 is 0 Å². The third kappa shape index (κ3) is 4.91. The maximum absolute atomic E-state index is 13.2. The van der Waals surface area contributed by atoms with Gasteiger partial charge in [0.25, 0.3) is 5.56 Å². The maximum atomic E-state index is 13.2. The standard InChI is InChI=1S/C21H27N10O10P/c1-7-2-38-13-11(33)19(31-5-26-8-14(22)24-3-25-15(8)31)40-20(13)39-6-42(36,37)41-12(10(7)32)18(35)30-4-27-9-16(30)28-21(23)29-17(9)34/h3-5,7,10-13,18-20,32-33,35H,2,6H2,1H3,(H,36,37)(H2,22,24,25)(H3,23,28,29,34). The molecular formula is C21H27N10O10P. The first kappa shape index (κ1) is 28.5. The summed E-state index contributed by atoms with van der Waals surface area (Å²) in [6.45, 7) is 1.29. The topological polar surface area (TPSA) is 294 Å². The SMILES string of the molecule is CC1COC2C(OCP(=O)(O)OC(C(O)n3cnc4c(=O)[nH]c(N)nc43)C1O)OC(n1cnc3c(N)ncnc31)C2O. The van der Waals surface area contributed by atoms with Crippen molar-refractivity contribution in [2.45, 2.75) is 50.1 Å². The van der Waals surface area contributed by atoms with Crippen molar-refractivity contribution in [1.29, 1.82) is 0 Å². The Morgan fingerprint density at radius 1 is 1.10 bits per heavy atom. The molecule has 4 aromatic heterocycles. The van der Waals surface area contributed by atoms with Gasteiger partial charge in [-0.05, 0) is 0 Å². The molecule has 2 aliphatic rings. The lowest BCUT2D eigenvalue weighted by molar-refractivity contribution is -0.180. The number of nitrogens with one attached hydrogen (secondary N) is 1. The molecule has 0 spiro atoms. The van der Waals surface area contributed by atoms with E-state index < -0.39 is 68.6 Å². The Morgan fingerprint density at radius 3 is 2.64 bits per heavy atom. The highest BCUT2D eigenvalue weighted by molar-refractivity contribution is 7.52. The van der Waals surface area contributed by atoms with Crippen LogP contribution in [0.4, 0.5) is 11.8 Å². The number of aliphatic hydroxyl groups is 3. The molecule has 9 atom stereocenters. The molecule has 9 unspecified atom stereocenters. The van der Waals surface area contributed by atoms with Crippen molar-refractivity contribution in [2.24, 2.45) is 5.92 Å². The van der Waals surface area contributed by atoms with E-state index in [1.54, 1.807) is 0 Å². The highest BCUT2D eigenvalue weighted by Gasteiger charge is 2.49. The van der Waals surface area contributed by atoms with E-state index in [0.717, 1.165) is 10.9 Å². The van der Waals surface area contributed by atoms with Gasteiger partial charge in [-0.15, -0.1) is 0 Å². The number of fused-ring (bicyclic) bond motifs is 3. The minimum absolute atomic E-state index is 0.113. The van der Waals surface area contributed by atoms with Crippen LogP contribution in [-0.4, -0.2) is 103 Å². The second kappa shape index (κ2) is 10.6. The van der Waals surface area contributed by atoms with Gasteiger partial charge in [0.2, 0.25) is 5.95 Å². The predicted octanol–water partition coefficient (Wildman–Crippen LogP) is -2.23. The van der Waals surface area contributed by atoms with E-state index in [4.69, 9.17) is 30.2 Å². The number of hydrogen-bond acceptors (Lipinski definition) is 16. The van der Waals surface area contributed by atoms with Gasteiger partial charge in [-0.2, -0.15) is 4.98 Å². The largest absolute Gasteiger partial charge is 0.390 e. The highest BCUT2D eigenvalue weighted by atomic mass is 31.2. The van der Waals surface area contributed by atoms with Gasteiger partial charge in [0.05, 0.1) is 25.4 Å². The number of imidazole rings is 2. The Morgan fingerprint density at radius 2 is 1.86 bits per heavy atom. The van der Waals surface area contributed by atoms with Gasteiger partial charge in [0, 0.05) is 5.92 Å². The van der Waals surface area contributed by atoms with Crippen LogP contribution in [0.2, 0.25) is 0 Å². The minimum Gasteiger partial charge on any atom is -0.390 e. The first-order valence-corrected chi connectivity index (χ1v) is 14.3. The van der Waals surface area contributed by atoms with Gasteiger partial charge in [-0.25, -0.2) is 19.9 Å². The van der Waals surface area contributed by atoms with Gasteiger partial charge >= 0.3 is 7.60 Å². The molecule has 0 bridgehead atoms. The van der Waals surface area contributed by atoms with Crippen molar-refractivity contribution in [3.05, 3.63) is 29.3 Å². The van der Waals surface area contributed by atoms with E-state index in [-0.39, 0.29) is 40.7 Å². The van der Waals surface area contributed by atoms with Gasteiger partial charge in [-0.1, -0.05) is 6.92 Å².